The fourth-order valence-electron chi connectivity index (χ4n) is 1.76. The zero-order valence-corrected chi connectivity index (χ0v) is 11.3. The van der Waals surface area contributed by atoms with Crippen molar-refractivity contribution in [2.24, 2.45) is 23.0 Å². The molecule has 1 fully saturated rings. The summed E-state index contributed by atoms with van der Waals surface area (Å²) in [5.41, 5.74) is 6.02. The lowest BCUT2D eigenvalue weighted by Gasteiger charge is -2.28. The molecule has 0 aromatic carbocycles. The molecule has 3 heteroatoms. The van der Waals surface area contributed by atoms with Crippen LogP contribution in [0.2, 0.25) is 0 Å². The van der Waals surface area contributed by atoms with E-state index in [0.29, 0.717) is 6.42 Å². The van der Waals surface area contributed by atoms with Crippen molar-refractivity contribution in [1.82, 2.24) is 4.90 Å². The molecule has 1 amide bonds. The van der Waals surface area contributed by atoms with E-state index in [4.69, 9.17) is 5.73 Å². The fourth-order valence-corrected chi connectivity index (χ4v) is 1.76. The highest BCUT2D eigenvalue weighted by Crippen LogP contribution is 2.38. The first-order chi connectivity index (χ1) is 7.21. The minimum absolute atomic E-state index is 0.00335. The number of hydrogen-bond donors (Lipinski definition) is 1. The summed E-state index contributed by atoms with van der Waals surface area (Å²) < 4.78 is 0. The van der Waals surface area contributed by atoms with E-state index in [1.807, 2.05) is 11.9 Å². The minimum Gasteiger partial charge on any atom is -0.345 e. The zero-order chi connectivity index (χ0) is 12.5. The van der Waals surface area contributed by atoms with Gasteiger partial charge in [-0.05, 0) is 23.7 Å². The van der Waals surface area contributed by atoms with Crippen LogP contribution in [0.5, 0.6) is 0 Å². The van der Waals surface area contributed by atoms with E-state index < -0.39 is 0 Å². The molecule has 2 N–H and O–H groups in total. The van der Waals surface area contributed by atoms with Gasteiger partial charge in [-0.25, -0.2) is 0 Å². The Kier molecular flexibility index (Phi) is 4.00. The number of nitrogens with zero attached hydrogens (tertiary/aromatic N) is 1. The van der Waals surface area contributed by atoms with Crippen LogP contribution in [-0.2, 0) is 4.79 Å². The van der Waals surface area contributed by atoms with Gasteiger partial charge in [-0.15, -0.1) is 0 Å². The van der Waals surface area contributed by atoms with Crippen molar-refractivity contribution in [3.8, 4) is 0 Å². The van der Waals surface area contributed by atoms with Crippen LogP contribution in [0.1, 0.15) is 40.5 Å². The van der Waals surface area contributed by atoms with E-state index >= 15 is 0 Å². The van der Waals surface area contributed by atoms with Crippen LogP contribution >= 0.6 is 0 Å². The Bertz CT molecular complexity index is 257. The van der Waals surface area contributed by atoms with Crippen LogP contribution in [0, 0.1) is 17.3 Å². The smallest absolute Gasteiger partial charge is 0.223 e. The van der Waals surface area contributed by atoms with Gasteiger partial charge in [-0.3, -0.25) is 4.79 Å². The van der Waals surface area contributed by atoms with Gasteiger partial charge in [0.2, 0.25) is 5.91 Å². The van der Waals surface area contributed by atoms with Crippen molar-refractivity contribution >= 4 is 5.91 Å². The second-order valence-electron chi connectivity index (χ2n) is 6.42. The van der Waals surface area contributed by atoms with E-state index in [1.165, 1.54) is 6.42 Å². The molecule has 0 heterocycles. The predicted octanol–water partition coefficient (Wildman–Crippen LogP) is 1.86. The van der Waals surface area contributed by atoms with Gasteiger partial charge in [0.1, 0.15) is 0 Å². The van der Waals surface area contributed by atoms with Gasteiger partial charge < -0.3 is 10.6 Å². The maximum absolute atomic E-state index is 11.9. The lowest BCUT2D eigenvalue weighted by molar-refractivity contribution is -0.131. The molecule has 16 heavy (non-hydrogen) atoms. The number of nitrogens with two attached hydrogens (primary N) is 1. The highest BCUT2D eigenvalue weighted by Gasteiger charge is 2.34. The third kappa shape index (κ3) is 3.78. The van der Waals surface area contributed by atoms with E-state index in [2.05, 4.69) is 27.7 Å². The van der Waals surface area contributed by atoms with Crippen LogP contribution in [-0.4, -0.2) is 30.4 Å². The van der Waals surface area contributed by atoms with Gasteiger partial charge >= 0.3 is 0 Å². The Labute approximate surface area is 99.4 Å². The highest BCUT2D eigenvalue weighted by atomic mass is 16.2. The van der Waals surface area contributed by atoms with Gasteiger partial charge in [-0.1, -0.05) is 27.7 Å². The summed E-state index contributed by atoms with van der Waals surface area (Å²) in [5, 5.41) is 0. The second-order valence-corrected chi connectivity index (χ2v) is 6.42. The zero-order valence-electron chi connectivity index (χ0n) is 11.3. The Hall–Kier alpha value is -0.570. The summed E-state index contributed by atoms with van der Waals surface area (Å²) in [6.45, 7) is 9.37. The van der Waals surface area contributed by atoms with Crippen LogP contribution in [0.15, 0.2) is 0 Å². The molecular weight excluding hydrogens is 200 g/mol. The van der Waals surface area contributed by atoms with Gasteiger partial charge in [0, 0.05) is 26.1 Å². The van der Waals surface area contributed by atoms with E-state index in [0.717, 1.165) is 18.4 Å². The molecule has 3 nitrogen and oxygen atoms in total. The summed E-state index contributed by atoms with van der Waals surface area (Å²) >= 11 is 0. The Morgan fingerprint density at radius 1 is 1.50 bits per heavy atom. The lowest BCUT2D eigenvalue weighted by atomic mass is 9.85. The molecule has 0 aromatic rings. The fraction of sp³-hybridized carbons (Fsp3) is 0.923. The lowest BCUT2D eigenvalue weighted by Crippen LogP contribution is -2.41. The third-order valence-electron chi connectivity index (χ3n) is 3.72. The van der Waals surface area contributed by atoms with Crippen molar-refractivity contribution < 1.29 is 4.79 Å². The largest absolute Gasteiger partial charge is 0.345 e. The van der Waals surface area contributed by atoms with Crippen molar-refractivity contribution in [3.05, 3.63) is 0 Å². The van der Waals surface area contributed by atoms with Crippen molar-refractivity contribution in [1.29, 1.82) is 0 Å². The summed E-state index contributed by atoms with van der Waals surface area (Å²) in [6, 6.07) is -0.0564. The maximum Gasteiger partial charge on any atom is 0.223 e. The standard InChI is InChI=1S/C13H26N2O/c1-9-6-10(9)8-15(5)12(16)7-11(14)13(2,3)4/h9-11H,6-8,14H2,1-5H3. The minimum atomic E-state index is -0.0564. The van der Waals surface area contributed by atoms with Crippen LogP contribution in [0.25, 0.3) is 0 Å². The average molecular weight is 226 g/mol. The quantitative estimate of drug-likeness (QED) is 0.795. The van der Waals surface area contributed by atoms with Crippen molar-refractivity contribution in [2.75, 3.05) is 13.6 Å². The molecule has 0 spiro atoms. The molecule has 1 aliphatic carbocycles. The van der Waals surface area contributed by atoms with Gasteiger partial charge in [0.05, 0.1) is 0 Å². The van der Waals surface area contributed by atoms with E-state index in [-0.39, 0.29) is 17.4 Å². The summed E-state index contributed by atoms with van der Waals surface area (Å²) in [4.78, 5) is 13.8. The normalized spacial score (nSPS) is 26.4. The van der Waals surface area contributed by atoms with Crippen LogP contribution < -0.4 is 5.73 Å². The Morgan fingerprint density at radius 3 is 2.38 bits per heavy atom. The number of amides is 1. The van der Waals surface area contributed by atoms with E-state index in [1.54, 1.807) is 0 Å². The Balaban J connectivity index is 2.34. The molecule has 0 bridgehead atoms. The molecule has 3 atom stereocenters. The maximum atomic E-state index is 11.9. The summed E-state index contributed by atoms with van der Waals surface area (Å²) in [7, 11) is 1.89. The molecule has 94 valence electrons. The molecular formula is C13H26N2O. The first-order valence-corrected chi connectivity index (χ1v) is 6.21. The van der Waals surface area contributed by atoms with Crippen molar-refractivity contribution in [3.63, 3.8) is 0 Å². The molecule has 3 unspecified atom stereocenters. The number of carbonyl (C=O) groups is 1. The third-order valence-corrected chi connectivity index (χ3v) is 3.72. The monoisotopic (exact) mass is 226 g/mol. The summed E-state index contributed by atoms with van der Waals surface area (Å²) in [6.07, 6.45) is 1.73. The molecule has 1 aliphatic rings. The molecule has 0 radical (unpaired) electrons. The molecule has 0 saturated heterocycles. The first kappa shape index (κ1) is 13.5. The van der Waals surface area contributed by atoms with Crippen LogP contribution in [0.4, 0.5) is 0 Å². The first-order valence-electron chi connectivity index (χ1n) is 6.21. The second kappa shape index (κ2) is 4.74. The molecule has 0 aromatic heterocycles. The van der Waals surface area contributed by atoms with Gasteiger partial charge in [-0.2, -0.15) is 0 Å². The SMILES string of the molecule is CC1CC1CN(C)C(=O)CC(N)C(C)(C)C. The average Bonchev–Trinajstić information content (AvgIpc) is 2.79. The predicted molar refractivity (Wildman–Crippen MR) is 67.0 cm³/mol. The summed E-state index contributed by atoms with van der Waals surface area (Å²) in [5.74, 6) is 1.70. The molecule has 1 rings (SSSR count). The van der Waals surface area contributed by atoms with Gasteiger partial charge in [0.25, 0.3) is 0 Å². The van der Waals surface area contributed by atoms with Crippen LogP contribution in [0.3, 0.4) is 0 Å². The number of carbonyl (C=O) groups excluding carboxylic acids is 1. The molecule has 0 aliphatic heterocycles. The molecule has 1 saturated carbocycles. The van der Waals surface area contributed by atoms with Crippen molar-refractivity contribution in [2.45, 2.75) is 46.6 Å². The topological polar surface area (TPSA) is 46.3 Å². The number of hydrogen-bond acceptors (Lipinski definition) is 2. The number of rotatable bonds is 4. The Morgan fingerprint density at radius 2 is 2.00 bits per heavy atom. The highest BCUT2D eigenvalue weighted by molar-refractivity contribution is 5.76. The van der Waals surface area contributed by atoms with Gasteiger partial charge in [0.15, 0.2) is 0 Å². The van der Waals surface area contributed by atoms with E-state index in [9.17, 15) is 4.79 Å².